The van der Waals surface area contributed by atoms with Gasteiger partial charge in [-0.15, -0.1) is 0 Å². The SMILES string of the molecule is CC(C)[C@H](NC(=O)[C@H](CO)NC(=O)[C@H](C)NC(=O)[C@H](CCCN=C(N)N)NC(=O)[C@@H](N)CCCN=C(N)N)C(=O)N[C@@H](C)C(=O)O. The van der Waals surface area contributed by atoms with Crippen LogP contribution in [-0.2, 0) is 28.8 Å². The molecule has 0 spiro atoms. The molecule has 0 aliphatic rings. The highest BCUT2D eigenvalue weighted by Gasteiger charge is 2.32. The van der Waals surface area contributed by atoms with Crippen LogP contribution < -0.4 is 55.3 Å². The number of guanidine groups is 2. The molecule has 0 aliphatic carbocycles. The second-order valence-electron chi connectivity index (χ2n) is 10.8. The van der Waals surface area contributed by atoms with E-state index in [1.165, 1.54) is 13.8 Å². The van der Waals surface area contributed by atoms with E-state index < -0.39 is 84.3 Å². The Bertz CT molecular complexity index is 1110. The number of nitrogens with zero attached hydrogens (tertiary/aromatic N) is 2. The van der Waals surface area contributed by atoms with Crippen molar-refractivity contribution in [2.24, 2.45) is 44.6 Å². The van der Waals surface area contributed by atoms with Crippen molar-refractivity contribution < 1.29 is 39.0 Å². The van der Waals surface area contributed by atoms with Gasteiger partial charge in [-0.2, -0.15) is 0 Å². The minimum absolute atomic E-state index is 0.0736. The van der Waals surface area contributed by atoms with E-state index >= 15 is 0 Å². The van der Waals surface area contributed by atoms with Gasteiger partial charge in [-0.3, -0.25) is 38.8 Å². The lowest BCUT2D eigenvalue weighted by atomic mass is 10.0. The van der Waals surface area contributed by atoms with Gasteiger partial charge in [0.05, 0.1) is 12.6 Å². The van der Waals surface area contributed by atoms with Crippen LogP contribution in [0.25, 0.3) is 0 Å². The van der Waals surface area contributed by atoms with E-state index in [1.807, 2.05) is 0 Å². The van der Waals surface area contributed by atoms with E-state index in [-0.39, 0.29) is 44.3 Å². The van der Waals surface area contributed by atoms with E-state index in [4.69, 9.17) is 33.8 Å². The van der Waals surface area contributed by atoms with Crippen LogP contribution in [0.2, 0.25) is 0 Å². The highest BCUT2D eigenvalue weighted by Crippen LogP contribution is 2.05. The van der Waals surface area contributed by atoms with Crippen molar-refractivity contribution in [3.63, 3.8) is 0 Å². The maximum absolute atomic E-state index is 13.1. The Hall–Kier alpha value is -4.72. The molecule has 262 valence electrons. The summed E-state index contributed by atoms with van der Waals surface area (Å²) in [7, 11) is 0. The zero-order valence-corrected chi connectivity index (χ0v) is 26.6. The van der Waals surface area contributed by atoms with Crippen molar-refractivity contribution in [1.29, 1.82) is 0 Å². The number of nitrogens with one attached hydrogen (secondary N) is 5. The number of carboxylic acids is 1. The Morgan fingerprint density at radius 1 is 0.630 bits per heavy atom. The van der Waals surface area contributed by atoms with E-state index in [1.54, 1.807) is 13.8 Å². The first kappa shape index (κ1) is 41.3. The summed E-state index contributed by atoms with van der Waals surface area (Å²) in [6.45, 7) is 5.31. The fourth-order valence-electron chi connectivity index (χ4n) is 3.73. The highest BCUT2D eigenvalue weighted by molar-refractivity contribution is 5.96. The summed E-state index contributed by atoms with van der Waals surface area (Å²) in [6, 6.07) is -7.31. The molecule has 5 amide bonds. The number of hydrogen-bond acceptors (Lipinski definition) is 10. The molecule has 0 unspecified atom stereocenters. The third-order valence-electron chi connectivity index (χ3n) is 6.43. The quantitative estimate of drug-likeness (QED) is 0.0312. The Labute approximate surface area is 267 Å². The molecule has 0 fully saturated rings. The van der Waals surface area contributed by atoms with Crippen LogP contribution in [0.1, 0.15) is 53.4 Å². The Kier molecular flexibility index (Phi) is 18.9. The Balaban J connectivity index is 5.46. The van der Waals surface area contributed by atoms with Gasteiger partial charge in [0.2, 0.25) is 29.5 Å². The lowest BCUT2D eigenvalue weighted by molar-refractivity contribution is -0.142. The summed E-state index contributed by atoms with van der Waals surface area (Å²) in [5, 5.41) is 30.7. The number of aliphatic hydroxyl groups is 1. The summed E-state index contributed by atoms with van der Waals surface area (Å²) in [4.78, 5) is 82.8. The number of carbonyl (C=O) groups excluding carboxylic acids is 5. The van der Waals surface area contributed by atoms with Crippen molar-refractivity contribution in [2.75, 3.05) is 19.7 Å². The number of carboxylic acid groups (broad SMARTS) is 1. The minimum atomic E-state index is -1.52. The number of nitrogens with two attached hydrogens (primary N) is 5. The van der Waals surface area contributed by atoms with Gasteiger partial charge in [-0.25, -0.2) is 0 Å². The first-order valence-corrected chi connectivity index (χ1v) is 14.6. The molecule has 0 heterocycles. The van der Waals surface area contributed by atoms with Crippen molar-refractivity contribution in [3.8, 4) is 0 Å². The van der Waals surface area contributed by atoms with E-state index in [0.717, 1.165) is 0 Å². The zero-order valence-electron chi connectivity index (χ0n) is 26.6. The van der Waals surface area contributed by atoms with Crippen molar-refractivity contribution in [3.05, 3.63) is 0 Å². The summed E-state index contributed by atoms with van der Waals surface area (Å²) < 4.78 is 0. The first-order valence-electron chi connectivity index (χ1n) is 14.6. The van der Waals surface area contributed by atoms with Gasteiger partial charge in [0, 0.05) is 13.1 Å². The summed E-state index contributed by atoms with van der Waals surface area (Å²) >= 11 is 0. The van der Waals surface area contributed by atoms with Crippen LogP contribution in [0.15, 0.2) is 9.98 Å². The molecule has 20 nitrogen and oxygen atoms in total. The molecule has 46 heavy (non-hydrogen) atoms. The number of carbonyl (C=O) groups is 6. The maximum Gasteiger partial charge on any atom is 0.325 e. The molecule has 17 N–H and O–H groups in total. The molecule has 20 heteroatoms. The molecule has 0 aromatic rings. The van der Waals surface area contributed by atoms with Crippen LogP contribution in [0.4, 0.5) is 0 Å². The second-order valence-corrected chi connectivity index (χ2v) is 10.8. The van der Waals surface area contributed by atoms with Gasteiger partial charge in [0.25, 0.3) is 0 Å². The van der Waals surface area contributed by atoms with Gasteiger partial charge in [-0.1, -0.05) is 13.8 Å². The smallest absolute Gasteiger partial charge is 0.325 e. The molecular formula is C26H50N12O8. The number of hydrogen-bond donors (Lipinski definition) is 12. The fourth-order valence-corrected chi connectivity index (χ4v) is 3.73. The van der Waals surface area contributed by atoms with Gasteiger partial charge in [0.15, 0.2) is 11.9 Å². The molecule has 0 aromatic heterocycles. The fraction of sp³-hybridized carbons (Fsp3) is 0.692. The van der Waals surface area contributed by atoms with Crippen molar-refractivity contribution >= 4 is 47.4 Å². The molecule has 0 aliphatic heterocycles. The normalized spacial score (nSPS) is 14.7. The second kappa shape index (κ2) is 21.1. The lowest BCUT2D eigenvalue weighted by Crippen LogP contribution is -2.60. The molecule has 0 saturated heterocycles. The summed E-state index contributed by atoms with van der Waals surface area (Å²) in [6.07, 6.45) is 0.963. The molecule has 0 radical (unpaired) electrons. The number of aliphatic hydroxyl groups excluding tert-OH is 1. The molecule has 0 saturated carbocycles. The monoisotopic (exact) mass is 658 g/mol. The summed E-state index contributed by atoms with van der Waals surface area (Å²) in [5.41, 5.74) is 27.2. The molecular weight excluding hydrogens is 608 g/mol. The maximum atomic E-state index is 13.1. The van der Waals surface area contributed by atoms with Crippen molar-refractivity contribution in [2.45, 2.75) is 89.6 Å². The number of aliphatic imine (C=N–C) groups is 2. The lowest BCUT2D eigenvalue weighted by Gasteiger charge is -2.26. The Morgan fingerprint density at radius 3 is 1.59 bits per heavy atom. The minimum Gasteiger partial charge on any atom is -0.480 e. The topological polar surface area (TPSA) is 358 Å². The van der Waals surface area contributed by atoms with Gasteiger partial charge in [-0.05, 0) is 45.4 Å². The highest BCUT2D eigenvalue weighted by atomic mass is 16.4. The third-order valence-corrected chi connectivity index (χ3v) is 6.43. The largest absolute Gasteiger partial charge is 0.480 e. The molecule has 0 aromatic carbocycles. The van der Waals surface area contributed by atoms with Gasteiger partial charge >= 0.3 is 5.97 Å². The Morgan fingerprint density at radius 2 is 1.11 bits per heavy atom. The standard InChI is InChI=1S/C26H50N12O8/c1-12(2)18(23(44)35-14(4)24(45)46)38-22(43)17(11-39)37-19(40)13(3)34-21(42)16(8-6-10-33-26(30)31)36-20(41)15(27)7-5-9-32-25(28)29/h12-18,39H,5-11,27H2,1-4H3,(H,34,42)(H,35,44)(H,36,41)(H,37,40)(H,38,43)(H,45,46)(H4,28,29,32)(H4,30,31,33)/t13-,14-,15-,16-,17-,18-/m0/s1. The predicted octanol–water partition coefficient (Wildman–Crippen LogP) is -5.38. The van der Waals surface area contributed by atoms with Gasteiger partial charge in [0.1, 0.15) is 30.2 Å². The van der Waals surface area contributed by atoms with Crippen LogP contribution in [0.5, 0.6) is 0 Å². The molecule has 6 atom stereocenters. The van der Waals surface area contributed by atoms with Crippen molar-refractivity contribution in [1.82, 2.24) is 26.6 Å². The zero-order chi connectivity index (χ0) is 35.6. The van der Waals surface area contributed by atoms with Crippen LogP contribution in [0, 0.1) is 5.92 Å². The number of aliphatic carboxylic acids is 1. The van der Waals surface area contributed by atoms with Gasteiger partial charge < -0.3 is 65.5 Å². The van der Waals surface area contributed by atoms with E-state index in [9.17, 15) is 33.9 Å². The van der Waals surface area contributed by atoms with E-state index in [2.05, 4.69) is 36.6 Å². The predicted molar refractivity (Wildman–Crippen MR) is 168 cm³/mol. The third kappa shape index (κ3) is 16.4. The number of amides is 5. The van der Waals surface area contributed by atoms with Crippen LogP contribution in [-0.4, -0.2) is 114 Å². The van der Waals surface area contributed by atoms with Crippen LogP contribution >= 0.6 is 0 Å². The number of rotatable bonds is 21. The van der Waals surface area contributed by atoms with Crippen LogP contribution in [0.3, 0.4) is 0 Å². The first-order chi connectivity index (χ1) is 21.4. The summed E-state index contributed by atoms with van der Waals surface area (Å²) in [5.74, 6) is -5.97. The average molecular weight is 659 g/mol. The van der Waals surface area contributed by atoms with E-state index in [0.29, 0.717) is 6.42 Å². The molecule has 0 bridgehead atoms. The average Bonchev–Trinajstić information content (AvgIpc) is 2.96. The molecule has 0 rings (SSSR count).